The van der Waals surface area contributed by atoms with Crippen molar-refractivity contribution in [2.45, 2.75) is 18.6 Å². The first kappa shape index (κ1) is 20.9. The molecular formula is C19H20ClN5O3S. The summed E-state index contributed by atoms with van der Waals surface area (Å²) in [6.07, 6.45) is 3.41. The molecule has 0 radical (unpaired) electrons. The second-order valence-corrected chi connectivity index (χ2v) is 7.16. The number of carbonyl (C=O) groups is 1. The Bertz CT molecular complexity index is 997. The SMILES string of the molecule is CCn1c(SCC(=O)Nc2cc(OC)c(Cl)cc2OC)nnc1-c1ccncc1. The minimum atomic E-state index is -0.214. The van der Waals surface area contributed by atoms with Gasteiger partial charge in [-0.3, -0.25) is 9.78 Å². The summed E-state index contributed by atoms with van der Waals surface area (Å²) in [5, 5.41) is 12.4. The van der Waals surface area contributed by atoms with Crippen molar-refractivity contribution < 1.29 is 14.3 Å². The van der Waals surface area contributed by atoms with Gasteiger partial charge in [-0.25, -0.2) is 0 Å². The molecule has 3 aromatic rings. The Labute approximate surface area is 177 Å². The molecule has 2 heterocycles. The van der Waals surface area contributed by atoms with Gasteiger partial charge in [-0.2, -0.15) is 0 Å². The number of ether oxygens (including phenoxy) is 2. The summed E-state index contributed by atoms with van der Waals surface area (Å²) in [4.78, 5) is 16.5. The van der Waals surface area contributed by atoms with Gasteiger partial charge in [0.05, 0.1) is 30.7 Å². The number of thioether (sulfide) groups is 1. The Hall–Kier alpha value is -2.78. The van der Waals surface area contributed by atoms with E-state index < -0.39 is 0 Å². The highest BCUT2D eigenvalue weighted by molar-refractivity contribution is 7.99. The van der Waals surface area contributed by atoms with Gasteiger partial charge in [0.1, 0.15) is 11.5 Å². The van der Waals surface area contributed by atoms with Gasteiger partial charge >= 0.3 is 0 Å². The first-order valence-corrected chi connectivity index (χ1v) is 10.1. The molecule has 1 amide bonds. The molecule has 0 bridgehead atoms. The fourth-order valence-corrected chi connectivity index (χ4v) is 3.70. The fraction of sp³-hybridized carbons (Fsp3) is 0.263. The number of hydrogen-bond acceptors (Lipinski definition) is 7. The first-order chi connectivity index (χ1) is 14.1. The second-order valence-electron chi connectivity index (χ2n) is 5.81. The summed E-state index contributed by atoms with van der Waals surface area (Å²) in [6, 6.07) is 6.97. The number of benzene rings is 1. The van der Waals surface area contributed by atoms with Crippen LogP contribution in [0.2, 0.25) is 5.02 Å². The van der Waals surface area contributed by atoms with E-state index in [-0.39, 0.29) is 11.7 Å². The quantitative estimate of drug-likeness (QED) is 0.540. The van der Waals surface area contributed by atoms with Gasteiger partial charge in [-0.15, -0.1) is 10.2 Å². The van der Waals surface area contributed by atoms with Gasteiger partial charge in [0, 0.05) is 36.6 Å². The predicted molar refractivity (Wildman–Crippen MR) is 113 cm³/mol. The van der Waals surface area contributed by atoms with E-state index in [0.29, 0.717) is 33.9 Å². The third-order valence-electron chi connectivity index (χ3n) is 4.05. The number of nitrogens with zero attached hydrogens (tertiary/aromatic N) is 4. The lowest BCUT2D eigenvalue weighted by molar-refractivity contribution is -0.113. The lowest BCUT2D eigenvalue weighted by Gasteiger charge is -2.13. The van der Waals surface area contributed by atoms with Gasteiger partial charge in [0.2, 0.25) is 5.91 Å². The number of aromatic nitrogens is 4. The van der Waals surface area contributed by atoms with Crippen molar-refractivity contribution in [1.29, 1.82) is 0 Å². The van der Waals surface area contributed by atoms with Crippen molar-refractivity contribution in [3.05, 3.63) is 41.7 Å². The maximum absolute atomic E-state index is 12.5. The minimum absolute atomic E-state index is 0.155. The monoisotopic (exact) mass is 433 g/mol. The number of hydrogen-bond donors (Lipinski definition) is 1. The number of pyridine rings is 1. The van der Waals surface area contributed by atoms with Crippen LogP contribution in [0, 0.1) is 0 Å². The standard InChI is InChI=1S/C19H20ClN5O3S/c1-4-25-18(12-5-7-21-8-6-12)23-24-19(25)29-11-17(26)22-14-10-15(27-2)13(20)9-16(14)28-3/h5-10H,4,11H2,1-3H3,(H,22,26). The summed E-state index contributed by atoms with van der Waals surface area (Å²) in [7, 11) is 3.01. The number of amides is 1. The molecule has 0 aliphatic carbocycles. The normalized spacial score (nSPS) is 10.6. The molecule has 0 aliphatic rings. The number of methoxy groups -OCH3 is 2. The maximum atomic E-state index is 12.5. The fourth-order valence-electron chi connectivity index (χ4n) is 2.67. The highest BCUT2D eigenvalue weighted by Crippen LogP contribution is 2.36. The van der Waals surface area contributed by atoms with Crippen LogP contribution in [-0.2, 0) is 11.3 Å². The third kappa shape index (κ3) is 4.80. The van der Waals surface area contributed by atoms with E-state index in [9.17, 15) is 4.79 Å². The molecule has 0 atom stereocenters. The Morgan fingerprint density at radius 2 is 1.90 bits per heavy atom. The molecule has 0 spiro atoms. The average molecular weight is 434 g/mol. The molecule has 0 fully saturated rings. The molecule has 0 saturated heterocycles. The van der Waals surface area contributed by atoms with E-state index >= 15 is 0 Å². The zero-order valence-corrected chi connectivity index (χ0v) is 17.8. The summed E-state index contributed by atoms with van der Waals surface area (Å²) < 4.78 is 12.4. The highest BCUT2D eigenvalue weighted by atomic mass is 35.5. The molecule has 8 nitrogen and oxygen atoms in total. The lowest BCUT2D eigenvalue weighted by atomic mass is 10.2. The summed E-state index contributed by atoms with van der Waals surface area (Å²) in [6.45, 7) is 2.68. The van der Waals surface area contributed by atoms with Gasteiger partial charge in [-0.1, -0.05) is 23.4 Å². The number of carbonyl (C=O) groups excluding carboxylic acids is 1. The molecule has 1 N–H and O–H groups in total. The topological polar surface area (TPSA) is 91.2 Å². The van der Waals surface area contributed by atoms with E-state index in [1.807, 2.05) is 23.6 Å². The van der Waals surface area contributed by atoms with Crippen molar-refractivity contribution in [1.82, 2.24) is 19.7 Å². The highest BCUT2D eigenvalue weighted by Gasteiger charge is 2.16. The molecule has 0 unspecified atom stereocenters. The van der Waals surface area contributed by atoms with E-state index in [1.54, 1.807) is 24.5 Å². The average Bonchev–Trinajstić information content (AvgIpc) is 3.16. The van der Waals surface area contributed by atoms with Crippen molar-refractivity contribution in [3.8, 4) is 22.9 Å². The van der Waals surface area contributed by atoms with E-state index in [1.165, 1.54) is 26.0 Å². The van der Waals surface area contributed by atoms with Crippen LogP contribution in [0.25, 0.3) is 11.4 Å². The molecule has 10 heteroatoms. The third-order valence-corrected chi connectivity index (χ3v) is 5.31. The predicted octanol–water partition coefficient (Wildman–Crippen LogP) is 3.76. The molecule has 2 aromatic heterocycles. The lowest BCUT2D eigenvalue weighted by Crippen LogP contribution is -2.15. The summed E-state index contributed by atoms with van der Waals surface area (Å²) in [5.74, 6) is 1.58. The second kappa shape index (κ2) is 9.62. The van der Waals surface area contributed by atoms with Gasteiger partial charge in [0.15, 0.2) is 11.0 Å². The zero-order valence-electron chi connectivity index (χ0n) is 16.2. The van der Waals surface area contributed by atoms with Crippen LogP contribution >= 0.6 is 23.4 Å². The molecular weight excluding hydrogens is 414 g/mol. The van der Waals surface area contributed by atoms with Gasteiger partial charge in [0.25, 0.3) is 0 Å². The van der Waals surface area contributed by atoms with Crippen LogP contribution in [0.5, 0.6) is 11.5 Å². The van der Waals surface area contributed by atoms with Crippen molar-refractivity contribution in [2.24, 2.45) is 0 Å². The van der Waals surface area contributed by atoms with Crippen molar-refractivity contribution in [3.63, 3.8) is 0 Å². The first-order valence-electron chi connectivity index (χ1n) is 8.75. The number of halogens is 1. The molecule has 3 rings (SSSR count). The zero-order chi connectivity index (χ0) is 20.8. The molecule has 29 heavy (non-hydrogen) atoms. The molecule has 0 saturated carbocycles. The molecule has 0 aliphatic heterocycles. The van der Waals surface area contributed by atoms with E-state index in [0.717, 1.165) is 11.4 Å². The van der Waals surface area contributed by atoms with Gasteiger partial charge < -0.3 is 19.4 Å². The molecule has 152 valence electrons. The van der Waals surface area contributed by atoms with Gasteiger partial charge in [-0.05, 0) is 19.1 Å². The Morgan fingerprint density at radius 1 is 1.17 bits per heavy atom. The summed E-state index contributed by atoms with van der Waals surface area (Å²) >= 11 is 7.41. The number of anilines is 1. The maximum Gasteiger partial charge on any atom is 0.234 e. The van der Waals surface area contributed by atoms with E-state index in [4.69, 9.17) is 21.1 Å². The Balaban J connectivity index is 1.71. The van der Waals surface area contributed by atoms with Crippen molar-refractivity contribution >= 4 is 35.0 Å². The molecule has 1 aromatic carbocycles. The number of rotatable bonds is 8. The van der Waals surface area contributed by atoms with E-state index in [2.05, 4.69) is 20.5 Å². The smallest absolute Gasteiger partial charge is 0.234 e. The van der Waals surface area contributed by atoms with Crippen LogP contribution in [0.3, 0.4) is 0 Å². The van der Waals surface area contributed by atoms with Crippen LogP contribution in [-0.4, -0.2) is 45.6 Å². The van der Waals surface area contributed by atoms with Crippen LogP contribution in [0.4, 0.5) is 5.69 Å². The summed E-state index contributed by atoms with van der Waals surface area (Å²) in [5.41, 5.74) is 1.40. The number of nitrogens with one attached hydrogen (secondary N) is 1. The van der Waals surface area contributed by atoms with Crippen molar-refractivity contribution in [2.75, 3.05) is 25.3 Å². The Kier molecular flexibility index (Phi) is 6.95. The van der Waals surface area contributed by atoms with Crippen LogP contribution in [0.15, 0.2) is 41.8 Å². The van der Waals surface area contributed by atoms with Crippen LogP contribution < -0.4 is 14.8 Å². The largest absolute Gasteiger partial charge is 0.495 e. The Morgan fingerprint density at radius 3 is 2.55 bits per heavy atom. The van der Waals surface area contributed by atoms with Crippen LogP contribution in [0.1, 0.15) is 6.92 Å². The minimum Gasteiger partial charge on any atom is -0.495 e.